The number of ether oxygens (including phenoxy) is 1. The van der Waals surface area contributed by atoms with Gasteiger partial charge in [-0.05, 0) is 30.7 Å². The van der Waals surface area contributed by atoms with E-state index in [9.17, 15) is 4.79 Å². The lowest BCUT2D eigenvalue weighted by Crippen LogP contribution is -2.24. The Labute approximate surface area is 140 Å². The molecule has 1 atom stereocenters. The Kier molecular flexibility index (Phi) is 4.66. The summed E-state index contributed by atoms with van der Waals surface area (Å²) >= 11 is 0. The predicted octanol–water partition coefficient (Wildman–Crippen LogP) is 4.33. The van der Waals surface area contributed by atoms with E-state index >= 15 is 0 Å². The molecule has 1 heterocycles. The Morgan fingerprint density at radius 3 is 2.71 bits per heavy atom. The number of methoxy groups -OCH3 is 1. The highest BCUT2D eigenvalue weighted by Gasteiger charge is 2.15. The third-order valence-corrected chi connectivity index (χ3v) is 3.76. The number of amides is 1. The van der Waals surface area contributed by atoms with Crippen molar-refractivity contribution in [2.75, 3.05) is 7.11 Å². The Morgan fingerprint density at radius 2 is 1.96 bits per heavy atom. The van der Waals surface area contributed by atoms with Crippen LogP contribution in [0.1, 0.15) is 24.3 Å². The van der Waals surface area contributed by atoms with E-state index in [2.05, 4.69) is 5.32 Å². The zero-order valence-electron chi connectivity index (χ0n) is 13.7. The first-order chi connectivity index (χ1) is 11.7. The lowest BCUT2D eigenvalue weighted by molar-refractivity contribution is -0.117. The van der Waals surface area contributed by atoms with Crippen molar-refractivity contribution in [1.29, 1.82) is 0 Å². The van der Waals surface area contributed by atoms with Crippen molar-refractivity contribution >= 4 is 23.0 Å². The van der Waals surface area contributed by atoms with Crippen LogP contribution >= 0.6 is 0 Å². The minimum absolute atomic E-state index is 0.168. The van der Waals surface area contributed by atoms with Crippen LogP contribution in [0.3, 0.4) is 0 Å². The molecular weight excluding hydrogens is 302 g/mol. The number of fused-ring (bicyclic) bond motifs is 1. The van der Waals surface area contributed by atoms with Crippen LogP contribution in [0.25, 0.3) is 17.0 Å². The van der Waals surface area contributed by atoms with Crippen LogP contribution in [0, 0.1) is 0 Å². The first-order valence-electron chi connectivity index (χ1n) is 7.77. The van der Waals surface area contributed by atoms with Crippen molar-refractivity contribution in [2.24, 2.45) is 0 Å². The number of hydrogen-bond donors (Lipinski definition) is 1. The molecule has 0 radical (unpaired) electrons. The zero-order chi connectivity index (χ0) is 16.9. The van der Waals surface area contributed by atoms with Gasteiger partial charge in [0.2, 0.25) is 5.91 Å². The first-order valence-corrected chi connectivity index (χ1v) is 7.77. The van der Waals surface area contributed by atoms with Gasteiger partial charge < -0.3 is 14.5 Å². The van der Waals surface area contributed by atoms with Gasteiger partial charge in [-0.15, -0.1) is 0 Å². The first kappa shape index (κ1) is 15.9. The largest absolute Gasteiger partial charge is 0.493 e. The summed E-state index contributed by atoms with van der Waals surface area (Å²) in [6.07, 6.45) is 3.30. The van der Waals surface area contributed by atoms with E-state index in [0.29, 0.717) is 17.1 Å². The maximum Gasteiger partial charge on any atom is 0.244 e. The van der Waals surface area contributed by atoms with Crippen molar-refractivity contribution in [3.05, 3.63) is 72.0 Å². The lowest BCUT2D eigenvalue weighted by atomic mass is 10.2. The van der Waals surface area contributed by atoms with Crippen molar-refractivity contribution < 1.29 is 13.9 Å². The van der Waals surface area contributed by atoms with Gasteiger partial charge in [-0.25, -0.2) is 0 Å². The molecule has 0 fully saturated rings. The second-order valence-corrected chi connectivity index (χ2v) is 5.50. The summed E-state index contributed by atoms with van der Waals surface area (Å²) in [4.78, 5) is 12.1. The second kappa shape index (κ2) is 7.04. The molecule has 0 spiro atoms. The number of furan rings is 1. The Balaban J connectivity index is 1.71. The standard InChI is InChI=1S/C20H19NO3/c1-14(21-19(22)12-11-15-7-4-3-5-8-15)18-13-16-9-6-10-17(23-2)20(16)24-18/h3-14H,1-2H3,(H,21,22). The Bertz CT molecular complexity index is 865. The Hall–Kier alpha value is -3.01. The van der Waals surface area contributed by atoms with Gasteiger partial charge in [0, 0.05) is 11.5 Å². The van der Waals surface area contributed by atoms with E-state index < -0.39 is 0 Å². The maximum absolute atomic E-state index is 12.1. The molecule has 2 aromatic carbocycles. The fourth-order valence-electron chi connectivity index (χ4n) is 2.50. The van der Waals surface area contributed by atoms with Gasteiger partial charge in [0.1, 0.15) is 5.76 Å². The molecule has 1 aromatic heterocycles. The van der Waals surface area contributed by atoms with E-state index in [0.717, 1.165) is 10.9 Å². The van der Waals surface area contributed by atoms with Gasteiger partial charge in [0.05, 0.1) is 13.2 Å². The van der Waals surface area contributed by atoms with Crippen LogP contribution in [-0.2, 0) is 4.79 Å². The molecule has 4 heteroatoms. The van der Waals surface area contributed by atoms with Gasteiger partial charge >= 0.3 is 0 Å². The van der Waals surface area contributed by atoms with E-state index in [1.165, 1.54) is 6.08 Å². The minimum atomic E-state index is -0.241. The van der Waals surface area contributed by atoms with Gasteiger partial charge in [-0.1, -0.05) is 42.5 Å². The van der Waals surface area contributed by atoms with E-state index in [-0.39, 0.29) is 11.9 Å². The summed E-state index contributed by atoms with van der Waals surface area (Å²) in [5.74, 6) is 1.20. The number of carbonyl (C=O) groups is 1. The number of para-hydroxylation sites is 1. The lowest BCUT2D eigenvalue weighted by Gasteiger charge is -2.09. The maximum atomic E-state index is 12.1. The average Bonchev–Trinajstić information content (AvgIpc) is 3.05. The summed E-state index contributed by atoms with van der Waals surface area (Å²) in [5, 5.41) is 3.85. The molecule has 0 aliphatic carbocycles. The smallest absolute Gasteiger partial charge is 0.244 e. The van der Waals surface area contributed by atoms with Crippen LogP contribution in [-0.4, -0.2) is 13.0 Å². The van der Waals surface area contributed by atoms with Gasteiger partial charge in [0.15, 0.2) is 11.3 Å². The van der Waals surface area contributed by atoms with Crippen LogP contribution in [0.2, 0.25) is 0 Å². The monoisotopic (exact) mass is 321 g/mol. The molecule has 1 amide bonds. The van der Waals surface area contributed by atoms with Crippen molar-refractivity contribution in [3.63, 3.8) is 0 Å². The predicted molar refractivity (Wildman–Crippen MR) is 94.8 cm³/mol. The van der Waals surface area contributed by atoms with Crippen molar-refractivity contribution in [3.8, 4) is 5.75 Å². The summed E-state index contributed by atoms with van der Waals surface area (Å²) < 4.78 is 11.1. The highest BCUT2D eigenvalue weighted by Crippen LogP contribution is 2.30. The Morgan fingerprint density at radius 1 is 1.17 bits per heavy atom. The van der Waals surface area contributed by atoms with E-state index in [4.69, 9.17) is 9.15 Å². The molecule has 122 valence electrons. The SMILES string of the molecule is COc1cccc2cc(C(C)NC(=O)C=Cc3ccccc3)oc12. The molecule has 1 N–H and O–H groups in total. The molecule has 3 rings (SSSR count). The third-order valence-electron chi connectivity index (χ3n) is 3.76. The summed E-state index contributed by atoms with van der Waals surface area (Å²) in [5.41, 5.74) is 1.67. The van der Waals surface area contributed by atoms with Crippen LogP contribution in [0.15, 0.2) is 65.1 Å². The molecule has 1 unspecified atom stereocenters. The molecule has 24 heavy (non-hydrogen) atoms. The van der Waals surface area contributed by atoms with E-state index in [1.807, 2.05) is 61.5 Å². The topological polar surface area (TPSA) is 51.5 Å². The van der Waals surface area contributed by atoms with Crippen molar-refractivity contribution in [1.82, 2.24) is 5.32 Å². The zero-order valence-corrected chi connectivity index (χ0v) is 13.7. The molecule has 0 saturated carbocycles. The number of benzene rings is 2. The van der Waals surface area contributed by atoms with E-state index in [1.54, 1.807) is 13.2 Å². The molecule has 3 aromatic rings. The number of carbonyl (C=O) groups excluding carboxylic acids is 1. The minimum Gasteiger partial charge on any atom is -0.493 e. The molecule has 0 bridgehead atoms. The van der Waals surface area contributed by atoms with Gasteiger partial charge in [-0.3, -0.25) is 4.79 Å². The molecular formula is C20H19NO3. The highest BCUT2D eigenvalue weighted by molar-refractivity contribution is 5.92. The molecule has 0 aliphatic rings. The summed E-state index contributed by atoms with van der Waals surface area (Å²) in [7, 11) is 1.61. The highest BCUT2D eigenvalue weighted by atomic mass is 16.5. The number of rotatable bonds is 5. The van der Waals surface area contributed by atoms with Gasteiger partial charge in [0.25, 0.3) is 0 Å². The normalized spacial score (nSPS) is 12.4. The average molecular weight is 321 g/mol. The molecule has 4 nitrogen and oxygen atoms in total. The fraction of sp³-hybridized carbons (Fsp3) is 0.150. The number of hydrogen-bond acceptors (Lipinski definition) is 3. The third kappa shape index (κ3) is 3.49. The van der Waals surface area contributed by atoms with Crippen LogP contribution in [0.5, 0.6) is 5.75 Å². The molecule has 0 aliphatic heterocycles. The fourth-order valence-corrected chi connectivity index (χ4v) is 2.50. The quantitative estimate of drug-likeness (QED) is 0.712. The van der Waals surface area contributed by atoms with Gasteiger partial charge in [-0.2, -0.15) is 0 Å². The van der Waals surface area contributed by atoms with Crippen LogP contribution < -0.4 is 10.1 Å². The molecule has 0 saturated heterocycles. The van der Waals surface area contributed by atoms with Crippen LogP contribution in [0.4, 0.5) is 0 Å². The summed E-state index contributed by atoms with van der Waals surface area (Å²) in [6.45, 7) is 1.89. The number of nitrogens with one attached hydrogen (secondary N) is 1. The summed E-state index contributed by atoms with van der Waals surface area (Å²) in [6, 6.07) is 17.1. The second-order valence-electron chi connectivity index (χ2n) is 5.50. The van der Waals surface area contributed by atoms with Crippen molar-refractivity contribution in [2.45, 2.75) is 13.0 Å².